The zero-order valence-electron chi connectivity index (χ0n) is 17.0. The minimum atomic E-state index is -0.215. The number of amides is 1. The van der Waals surface area contributed by atoms with Crippen LogP contribution < -0.4 is 4.90 Å². The van der Waals surface area contributed by atoms with Crippen molar-refractivity contribution in [3.63, 3.8) is 0 Å². The molecule has 0 atom stereocenters. The smallest absolute Gasteiger partial charge is 0.259 e. The van der Waals surface area contributed by atoms with Gasteiger partial charge >= 0.3 is 0 Å². The van der Waals surface area contributed by atoms with E-state index in [0.29, 0.717) is 11.3 Å². The molecule has 4 heteroatoms. The quantitative estimate of drug-likeness (QED) is 0.420. The molecule has 146 valence electrons. The highest BCUT2D eigenvalue weighted by molar-refractivity contribution is 6.14. The molecule has 4 rings (SSSR count). The van der Waals surface area contributed by atoms with Crippen LogP contribution in [-0.2, 0) is 0 Å². The molecule has 1 amide bonds. The number of nitrogens with zero attached hydrogens (tertiary/aromatic N) is 3. The Labute approximate surface area is 176 Å². The molecule has 0 aliphatic heterocycles. The second kappa shape index (κ2) is 8.18. The average Bonchev–Trinajstić information content (AvgIpc) is 2.77. The molecular weight excluding hydrogens is 370 g/mol. The number of benzene rings is 3. The number of rotatable bonds is 4. The molecule has 3 aromatic carbocycles. The van der Waals surface area contributed by atoms with Gasteiger partial charge in [-0.1, -0.05) is 60.2 Å². The molecule has 4 aromatic rings. The second-order valence-electron chi connectivity index (χ2n) is 7.28. The summed E-state index contributed by atoms with van der Waals surface area (Å²) in [6, 6.07) is 27.1. The van der Waals surface area contributed by atoms with E-state index >= 15 is 0 Å². The molecule has 4 nitrogen and oxygen atoms in total. The molecule has 0 N–H and O–H groups in total. The van der Waals surface area contributed by atoms with Crippen molar-refractivity contribution in [1.82, 2.24) is 4.98 Å². The molecule has 0 saturated heterocycles. The van der Waals surface area contributed by atoms with Gasteiger partial charge in [0.25, 0.3) is 5.91 Å². The molecule has 0 unspecified atom stereocenters. The van der Waals surface area contributed by atoms with Gasteiger partial charge in [0.05, 0.1) is 22.8 Å². The van der Waals surface area contributed by atoms with Crippen molar-refractivity contribution in [2.45, 2.75) is 13.8 Å². The van der Waals surface area contributed by atoms with Crippen LogP contribution in [0.15, 0.2) is 78.9 Å². The maximum atomic E-state index is 13.6. The van der Waals surface area contributed by atoms with Gasteiger partial charge in [0.1, 0.15) is 6.54 Å². The SMILES string of the molecule is Cc1ccc(-c2cc(C(=O)N(CC#N)c3ccccc3)c3ccccc3n2)c(C)c1. The predicted molar refractivity (Wildman–Crippen MR) is 120 cm³/mol. The van der Waals surface area contributed by atoms with Crippen molar-refractivity contribution in [1.29, 1.82) is 5.26 Å². The average molecular weight is 391 g/mol. The van der Waals surface area contributed by atoms with Gasteiger partial charge in [-0.3, -0.25) is 9.69 Å². The number of aryl methyl sites for hydroxylation is 2. The van der Waals surface area contributed by atoms with Gasteiger partial charge in [-0.15, -0.1) is 0 Å². The van der Waals surface area contributed by atoms with Crippen LogP contribution in [0, 0.1) is 25.2 Å². The monoisotopic (exact) mass is 391 g/mol. The number of para-hydroxylation sites is 2. The number of nitriles is 1. The van der Waals surface area contributed by atoms with E-state index in [-0.39, 0.29) is 12.5 Å². The summed E-state index contributed by atoms with van der Waals surface area (Å²) in [5.41, 5.74) is 6.01. The van der Waals surface area contributed by atoms with Gasteiger partial charge in [0.2, 0.25) is 0 Å². The Morgan fingerprint density at radius 1 is 0.967 bits per heavy atom. The van der Waals surface area contributed by atoms with Crippen molar-refractivity contribution < 1.29 is 4.79 Å². The van der Waals surface area contributed by atoms with Gasteiger partial charge in [0, 0.05) is 16.6 Å². The predicted octanol–water partition coefficient (Wildman–Crippen LogP) is 5.69. The van der Waals surface area contributed by atoms with Crippen LogP contribution in [-0.4, -0.2) is 17.4 Å². The molecule has 0 saturated carbocycles. The summed E-state index contributed by atoms with van der Waals surface area (Å²) in [6.45, 7) is 4.07. The number of hydrogen-bond donors (Lipinski definition) is 0. The Balaban J connectivity index is 1.91. The fourth-order valence-corrected chi connectivity index (χ4v) is 3.70. The van der Waals surface area contributed by atoms with Crippen LogP contribution in [0.5, 0.6) is 0 Å². The fourth-order valence-electron chi connectivity index (χ4n) is 3.70. The van der Waals surface area contributed by atoms with Crippen LogP contribution in [0.2, 0.25) is 0 Å². The van der Waals surface area contributed by atoms with Crippen molar-refractivity contribution >= 4 is 22.5 Å². The first-order valence-corrected chi connectivity index (χ1v) is 9.80. The maximum absolute atomic E-state index is 13.6. The van der Waals surface area contributed by atoms with Crippen LogP contribution in [0.1, 0.15) is 21.5 Å². The lowest BCUT2D eigenvalue weighted by molar-refractivity contribution is 0.0991. The van der Waals surface area contributed by atoms with E-state index in [1.165, 1.54) is 10.5 Å². The van der Waals surface area contributed by atoms with Crippen LogP contribution in [0.25, 0.3) is 22.2 Å². The zero-order valence-corrected chi connectivity index (χ0v) is 17.0. The topological polar surface area (TPSA) is 57.0 Å². The van der Waals surface area contributed by atoms with Crippen molar-refractivity contribution in [2.75, 3.05) is 11.4 Å². The summed E-state index contributed by atoms with van der Waals surface area (Å²) < 4.78 is 0. The molecule has 0 aliphatic carbocycles. The standard InChI is InChI=1S/C26H21N3O/c1-18-12-13-21(19(2)16-18)25-17-23(22-10-6-7-11-24(22)28-25)26(30)29(15-14-27)20-8-4-3-5-9-20/h3-13,16-17H,15H2,1-2H3. The summed E-state index contributed by atoms with van der Waals surface area (Å²) in [6.07, 6.45) is 0. The third-order valence-corrected chi connectivity index (χ3v) is 5.15. The maximum Gasteiger partial charge on any atom is 0.259 e. The number of aromatic nitrogens is 1. The minimum Gasteiger partial charge on any atom is -0.295 e. The zero-order chi connectivity index (χ0) is 21.1. The van der Waals surface area contributed by atoms with Crippen LogP contribution in [0.3, 0.4) is 0 Å². The Kier molecular flexibility index (Phi) is 5.28. The van der Waals surface area contributed by atoms with E-state index in [1.54, 1.807) is 0 Å². The number of fused-ring (bicyclic) bond motifs is 1. The Hall–Kier alpha value is -3.97. The van der Waals surface area contributed by atoms with Crippen LogP contribution in [0.4, 0.5) is 5.69 Å². The number of anilines is 1. The summed E-state index contributed by atoms with van der Waals surface area (Å²) >= 11 is 0. The first-order valence-electron chi connectivity index (χ1n) is 9.80. The Bertz CT molecular complexity index is 1270. The molecule has 0 radical (unpaired) electrons. The van der Waals surface area contributed by atoms with E-state index in [2.05, 4.69) is 19.1 Å². The second-order valence-corrected chi connectivity index (χ2v) is 7.28. The molecule has 0 spiro atoms. The molecule has 0 fully saturated rings. The highest BCUT2D eigenvalue weighted by Crippen LogP contribution is 2.29. The van der Waals surface area contributed by atoms with Crippen LogP contribution >= 0.6 is 0 Å². The highest BCUT2D eigenvalue weighted by Gasteiger charge is 2.21. The lowest BCUT2D eigenvalue weighted by Gasteiger charge is -2.21. The first-order chi connectivity index (χ1) is 14.6. The van der Waals surface area contributed by atoms with Gasteiger partial charge in [-0.2, -0.15) is 5.26 Å². The fraction of sp³-hybridized carbons (Fsp3) is 0.115. The number of carbonyl (C=O) groups excluding carboxylic acids is 1. The largest absolute Gasteiger partial charge is 0.295 e. The van der Waals surface area contributed by atoms with Crippen molar-refractivity contribution in [3.8, 4) is 17.3 Å². The summed E-state index contributed by atoms with van der Waals surface area (Å²) in [5.74, 6) is -0.215. The molecule has 1 heterocycles. The lowest BCUT2D eigenvalue weighted by atomic mass is 9.99. The number of pyridine rings is 1. The molecule has 0 aliphatic rings. The molecule has 0 bridgehead atoms. The highest BCUT2D eigenvalue weighted by atomic mass is 16.2. The minimum absolute atomic E-state index is 0.0294. The van der Waals surface area contributed by atoms with E-state index in [4.69, 9.17) is 4.98 Å². The normalized spacial score (nSPS) is 10.6. The molecule has 1 aromatic heterocycles. The van der Waals surface area contributed by atoms with Crippen molar-refractivity contribution in [2.24, 2.45) is 0 Å². The Morgan fingerprint density at radius 3 is 2.43 bits per heavy atom. The molecule has 30 heavy (non-hydrogen) atoms. The Morgan fingerprint density at radius 2 is 1.70 bits per heavy atom. The van der Waals surface area contributed by atoms with E-state index < -0.39 is 0 Å². The van der Waals surface area contributed by atoms with E-state index in [0.717, 1.165) is 27.7 Å². The van der Waals surface area contributed by atoms with Gasteiger partial charge in [-0.25, -0.2) is 4.98 Å². The lowest BCUT2D eigenvalue weighted by Crippen LogP contribution is -2.31. The van der Waals surface area contributed by atoms with E-state index in [9.17, 15) is 10.1 Å². The number of hydrogen-bond acceptors (Lipinski definition) is 3. The third kappa shape index (κ3) is 3.66. The van der Waals surface area contributed by atoms with Gasteiger partial charge in [0.15, 0.2) is 0 Å². The third-order valence-electron chi connectivity index (χ3n) is 5.15. The van der Waals surface area contributed by atoms with Gasteiger partial charge < -0.3 is 0 Å². The summed E-state index contributed by atoms with van der Waals surface area (Å²) in [7, 11) is 0. The van der Waals surface area contributed by atoms with Crippen molar-refractivity contribution in [3.05, 3.63) is 95.6 Å². The van der Waals surface area contributed by atoms with E-state index in [1.807, 2.05) is 79.7 Å². The first kappa shape index (κ1) is 19.4. The van der Waals surface area contributed by atoms with Gasteiger partial charge in [-0.05, 0) is 43.7 Å². The summed E-state index contributed by atoms with van der Waals surface area (Å²) in [4.78, 5) is 19.9. The number of carbonyl (C=O) groups is 1. The molecular formula is C26H21N3O. The summed E-state index contributed by atoms with van der Waals surface area (Å²) in [5, 5.41) is 10.1.